The molecule has 36 heavy (non-hydrogen) atoms. The summed E-state index contributed by atoms with van der Waals surface area (Å²) in [5.74, 6) is 0.231. The second kappa shape index (κ2) is 11.6. The van der Waals surface area contributed by atoms with Crippen LogP contribution in [0.3, 0.4) is 0 Å². The second-order valence-corrected chi connectivity index (χ2v) is 11.0. The number of carbonyl (C=O) groups is 1. The number of nitrogens with one attached hydrogen (secondary N) is 1. The summed E-state index contributed by atoms with van der Waals surface area (Å²) in [5.41, 5.74) is 8.46. The average molecular weight is 509 g/mol. The molecule has 8 nitrogen and oxygen atoms in total. The Morgan fingerprint density at radius 2 is 1.64 bits per heavy atom. The van der Waals surface area contributed by atoms with Crippen molar-refractivity contribution < 1.29 is 17.9 Å². The summed E-state index contributed by atoms with van der Waals surface area (Å²) in [5, 5.41) is 3.00. The van der Waals surface area contributed by atoms with Crippen molar-refractivity contribution in [2.24, 2.45) is 5.73 Å². The lowest BCUT2D eigenvalue weighted by molar-refractivity contribution is -0.122. The van der Waals surface area contributed by atoms with Gasteiger partial charge in [0.05, 0.1) is 18.6 Å². The number of sulfonamides is 1. The van der Waals surface area contributed by atoms with Gasteiger partial charge in [0, 0.05) is 36.6 Å². The van der Waals surface area contributed by atoms with Crippen molar-refractivity contribution in [2.75, 3.05) is 13.7 Å². The first-order valence-corrected chi connectivity index (χ1v) is 13.5. The summed E-state index contributed by atoms with van der Waals surface area (Å²) in [6, 6.07) is 17.8. The van der Waals surface area contributed by atoms with Crippen molar-refractivity contribution in [3.63, 3.8) is 0 Å². The zero-order chi connectivity index (χ0) is 25.5. The van der Waals surface area contributed by atoms with Gasteiger partial charge in [0.15, 0.2) is 0 Å². The molecule has 1 amide bonds. The van der Waals surface area contributed by atoms with Crippen LogP contribution in [0.25, 0.3) is 11.1 Å². The molecular formula is C27H32N4O4S. The van der Waals surface area contributed by atoms with Crippen molar-refractivity contribution in [3.05, 3.63) is 78.6 Å². The predicted molar refractivity (Wildman–Crippen MR) is 139 cm³/mol. The van der Waals surface area contributed by atoms with Crippen LogP contribution in [-0.4, -0.2) is 49.4 Å². The highest BCUT2D eigenvalue weighted by Crippen LogP contribution is 2.26. The highest BCUT2D eigenvalue weighted by molar-refractivity contribution is 7.89. The maximum absolute atomic E-state index is 13.7. The van der Waals surface area contributed by atoms with Crippen molar-refractivity contribution in [3.8, 4) is 16.9 Å². The monoisotopic (exact) mass is 508 g/mol. The van der Waals surface area contributed by atoms with E-state index in [2.05, 4.69) is 10.3 Å². The molecule has 0 bridgehead atoms. The van der Waals surface area contributed by atoms with Gasteiger partial charge in [-0.1, -0.05) is 30.3 Å². The Kier molecular flexibility index (Phi) is 8.35. The van der Waals surface area contributed by atoms with Crippen LogP contribution < -0.4 is 15.8 Å². The lowest BCUT2D eigenvalue weighted by Gasteiger charge is -2.28. The summed E-state index contributed by atoms with van der Waals surface area (Å²) in [7, 11) is -2.45. The first kappa shape index (κ1) is 25.8. The third-order valence-corrected chi connectivity index (χ3v) is 8.31. The van der Waals surface area contributed by atoms with Crippen LogP contribution in [0.2, 0.25) is 0 Å². The highest BCUT2D eigenvalue weighted by Gasteiger charge is 2.29. The fraction of sp³-hybridized carbons (Fsp3) is 0.333. The van der Waals surface area contributed by atoms with E-state index in [9.17, 15) is 13.2 Å². The smallest absolute Gasteiger partial charge is 0.243 e. The number of hydrogen-bond acceptors (Lipinski definition) is 6. The molecular weight excluding hydrogens is 476 g/mol. The number of nitrogens with two attached hydrogens (primary N) is 1. The second-order valence-electron chi connectivity index (χ2n) is 9.02. The minimum atomic E-state index is -3.98. The zero-order valence-electron chi connectivity index (χ0n) is 20.3. The van der Waals surface area contributed by atoms with Gasteiger partial charge in [-0.3, -0.25) is 9.78 Å². The van der Waals surface area contributed by atoms with Crippen molar-refractivity contribution in [1.29, 1.82) is 0 Å². The van der Waals surface area contributed by atoms with E-state index in [1.54, 1.807) is 48.8 Å². The van der Waals surface area contributed by atoms with Crippen molar-refractivity contribution in [2.45, 2.75) is 49.2 Å². The maximum Gasteiger partial charge on any atom is 0.243 e. The molecule has 0 saturated heterocycles. The fourth-order valence-electron chi connectivity index (χ4n) is 4.46. The van der Waals surface area contributed by atoms with Gasteiger partial charge in [-0.25, -0.2) is 8.42 Å². The Morgan fingerprint density at radius 3 is 2.31 bits per heavy atom. The molecule has 0 unspecified atom stereocenters. The van der Waals surface area contributed by atoms with E-state index in [0.717, 1.165) is 36.8 Å². The normalized spacial score (nSPS) is 18.1. The molecule has 1 aliphatic rings. The number of hydrogen-bond donors (Lipinski definition) is 2. The number of rotatable bonds is 9. The van der Waals surface area contributed by atoms with E-state index in [0.29, 0.717) is 11.3 Å². The minimum Gasteiger partial charge on any atom is -0.496 e. The fourth-order valence-corrected chi connectivity index (χ4v) is 5.83. The summed E-state index contributed by atoms with van der Waals surface area (Å²) in [6.07, 6.45) is 6.66. The van der Waals surface area contributed by atoms with Crippen molar-refractivity contribution in [1.82, 2.24) is 14.6 Å². The lowest BCUT2D eigenvalue weighted by atomic mass is 9.92. The SMILES string of the molecule is COc1ccccc1CN(CC(=O)NC1CCC(N)CC1)S(=O)(=O)c1ccc(-c2ccncc2)cc1. The third kappa shape index (κ3) is 6.29. The molecule has 2 aromatic carbocycles. The number of ether oxygens (including phenoxy) is 1. The van der Waals surface area contributed by atoms with Gasteiger partial charge in [-0.2, -0.15) is 4.31 Å². The van der Waals surface area contributed by atoms with Gasteiger partial charge in [-0.15, -0.1) is 0 Å². The van der Waals surface area contributed by atoms with Crippen LogP contribution in [0.4, 0.5) is 0 Å². The van der Waals surface area contributed by atoms with Gasteiger partial charge < -0.3 is 15.8 Å². The topological polar surface area (TPSA) is 115 Å². The van der Waals surface area contributed by atoms with Crippen LogP contribution in [0.5, 0.6) is 5.75 Å². The van der Waals surface area contributed by atoms with E-state index in [1.165, 1.54) is 11.4 Å². The van der Waals surface area contributed by atoms with E-state index in [-0.39, 0.29) is 36.0 Å². The molecule has 9 heteroatoms. The molecule has 3 N–H and O–H groups in total. The van der Waals surface area contributed by atoms with E-state index in [4.69, 9.17) is 10.5 Å². The van der Waals surface area contributed by atoms with Gasteiger partial charge in [0.1, 0.15) is 5.75 Å². The van der Waals surface area contributed by atoms with Gasteiger partial charge >= 0.3 is 0 Å². The van der Waals surface area contributed by atoms with Gasteiger partial charge in [0.2, 0.25) is 15.9 Å². The summed E-state index contributed by atoms with van der Waals surface area (Å²) in [6.45, 7) is -0.295. The van der Waals surface area contributed by atoms with Gasteiger partial charge in [0.25, 0.3) is 0 Å². The van der Waals surface area contributed by atoms with Crippen LogP contribution in [-0.2, 0) is 21.4 Å². The summed E-state index contributed by atoms with van der Waals surface area (Å²) in [4.78, 5) is 17.1. The lowest BCUT2D eigenvalue weighted by Crippen LogP contribution is -2.46. The Morgan fingerprint density at radius 1 is 1.00 bits per heavy atom. The molecule has 0 spiro atoms. The highest BCUT2D eigenvalue weighted by atomic mass is 32.2. The van der Waals surface area contributed by atoms with Crippen LogP contribution in [0.15, 0.2) is 78.0 Å². The standard InChI is InChI=1S/C27H32N4O4S/c1-35-26-5-3-2-4-22(26)18-31(19-27(32)30-24-10-8-23(28)9-11-24)36(33,34)25-12-6-20(7-13-25)21-14-16-29-17-15-21/h2-7,12-17,23-24H,8-11,18-19,28H2,1H3,(H,30,32). The van der Waals surface area contributed by atoms with Crippen LogP contribution >= 0.6 is 0 Å². The average Bonchev–Trinajstić information content (AvgIpc) is 2.90. The van der Waals surface area contributed by atoms with E-state index in [1.807, 2.05) is 24.3 Å². The molecule has 4 rings (SSSR count). The van der Waals surface area contributed by atoms with E-state index >= 15 is 0 Å². The summed E-state index contributed by atoms with van der Waals surface area (Å²) < 4.78 is 34.1. The Labute approximate surface area is 212 Å². The molecule has 0 radical (unpaired) electrons. The molecule has 190 valence electrons. The zero-order valence-corrected chi connectivity index (χ0v) is 21.2. The van der Waals surface area contributed by atoms with Crippen molar-refractivity contribution >= 4 is 15.9 Å². The Hall–Kier alpha value is -3.27. The Bertz CT molecular complexity index is 1260. The Balaban J connectivity index is 1.58. The predicted octanol–water partition coefficient (Wildman–Crippen LogP) is 3.33. The number of methoxy groups -OCH3 is 1. The first-order chi connectivity index (χ1) is 17.4. The maximum atomic E-state index is 13.7. The number of nitrogens with zero attached hydrogens (tertiary/aromatic N) is 2. The molecule has 3 aromatic rings. The molecule has 1 fully saturated rings. The molecule has 1 aromatic heterocycles. The van der Waals surface area contributed by atoms with Crippen LogP contribution in [0, 0.1) is 0 Å². The number of benzene rings is 2. The quantitative estimate of drug-likeness (QED) is 0.458. The molecule has 0 aliphatic heterocycles. The molecule has 1 saturated carbocycles. The van der Waals surface area contributed by atoms with E-state index < -0.39 is 10.0 Å². The largest absolute Gasteiger partial charge is 0.496 e. The molecule has 1 aliphatic carbocycles. The number of amides is 1. The first-order valence-electron chi connectivity index (χ1n) is 12.0. The summed E-state index contributed by atoms with van der Waals surface area (Å²) >= 11 is 0. The number of para-hydroxylation sites is 1. The number of carbonyl (C=O) groups excluding carboxylic acids is 1. The van der Waals surface area contributed by atoms with Crippen LogP contribution in [0.1, 0.15) is 31.2 Å². The minimum absolute atomic E-state index is 0.00140. The third-order valence-electron chi connectivity index (χ3n) is 6.50. The molecule has 0 atom stereocenters. The van der Waals surface area contributed by atoms with Gasteiger partial charge in [-0.05, 0) is 67.1 Å². The molecule has 1 heterocycles. The number of pyridine rings is 1. The number of aromatic nitrogens is 1.